The van der Waals surface area contributed by atoms with Crippen molar-refractivity contribution in [2.45, 2.75) is 43.9 Å². The number of aliphatic hydroxyl groups is 1. The van der Waals surface area contributed by atoms with Crippen LogP contribution >= 0.6 is 0 Å². The van der Waals surface area contributed by atoms with Gasteiger partial charge < -0.3 is 14.7 Å². The van der Waals surface area contributed by atoms with Crippen molar-refractivity contribution in [1.82, 2.24) is 14.8 Å². The number of amides is 1. The number of carbonyl (C=O) groups excluding carboxylic acids is 1. The molecule has 1 aliphatic carbocycles. The Morgan fingerprint density at radius 1 is 1.32 bits per heavy atom. The van der Waals surface area contributed by atoms with Gasteiger partial charge >= 0.3 is 0 Å². The smallest absolute Gasteiger partial charge is 0.225 e. The fraction of sp³-hybridized carbons (Fsp3) is 0.684. The van der Waals surface area contributed by atoms with Gasteiger partial charge in [0.25, 0.3) is 0 Å². The van der Waals surface area contributed by atoms with Gasteiger partial charge in [0.1, 0.15) is 0 Å². The summed E-state index contributed by atoms with van der Waals surface area (Å²) in [5.74, 6) is 0.265. The van der Waals surface area contributed by atoms with E-state index in [4.69, 9.17) is 4.74 Å². The molecule has 1 spiro atoms. The molecular formula is C19H27N3O3. The molecule has 6 nitrogen and oxygen atoms in total. The standard InChI is InChI=1S/C19H27N3O3/c23-17-10-16(11-17)18(24)22-6-3-19(4-7-22)14-21(8-9-25-19)13-15-2-1-5-20-12-15/h1-2,5,12,16-17,23H,3-4,6-11,13-14H2. The van der Waals surface area contributed by atoms with Crippen LogP contribution in [-0.2, 0) is 16.1 Å². The molecule has 1 saturated carbocycles. The summed E-state index contributed by atoms with van der Waals surface area (Å²) < 4.78 is 6.19. The molecular weight excluding hydrogens is 318 g/mol. The topological polar surface area (TPSA) is 65.9 Å². The van der Waals surface area contributed by atoms with E-state index >= 15 is 0 Å². The zero-order valence-corrected chi connectivity index (χ0v) is 14.6. The molecule has 1 amide bonds. The molecule has 2 aliphatic heterocycles. The number of morpholine rings is 1. The van der Waals surface area contributed by atoms with E-state index in [2.05, 4.69) is 16.0 Å². The second kappa shape index (κ2) is 7.02. The fourth-order valence-electron chi connectivity index (χ4n) is 4.29. The highest BCUT2D eigenvalue weighted by Crippen LogP contribution is 2.34. The second-order valence-electron chi connectivity index (χ2n) is 7.75. The zero-order chi connectivity index (χ0) is 17.3. The van der Waals surface area contributed by atoms with Crippen molar-refractivity contribution in [3.8, 4) is 0 Å². The van der Waals surface area contributed by atoms with E-state index in [1.807, 2.05) is 17.2 Å². The SMILES string of the molecule is O=C(C1CC(O)C1)N1CCC2(CC1)CN(Cc1cccnc1)CCO2. The molecule has 2 saturated heterocycles. The maximum absolute atomic E-state index is 12.5. The van der Waals surface area contributed by atoms with Crippen molar-refractivity contribution in [1.29, 1.82) is 0 Å². The van der Waals surface area contributed by atoms with E-state index in [1.54, 1.807) is 6.20 Å². The number of likely N-dealkylation sites (tertiary alicyclic amines) is 1. The molecule has 0 bridgehead atoms. The number of carbonyl (C=O) groups is 1. The van der Waals surface area contributed by atoms with Gasteiger partial charge in [0.15, 0.2) is 0 Å². The Labute approximate surface area is 148 Å². The van der Waals surface area contributed by atoms with E-state index in [0.29, 0.717) is 12.8 Å². The van der Waals surface area contributed by atoms with E-state index in [9.17, 15) is 9.90 Å². The maximum Gasteiger partial charge on any atom is 0.225 e. The first-order chi connectivity index (χ1) is 12.1. The number of piperidine rings is 1. The summed E-state index contributed by atoms with van der Waals surface area (Å²) in [4.78, 5) is 21.1. The molecule has 3 fully saturated rings. The summed E-state index contributed by atoms with van der Waals surface area (Å²) in [5, 5.41) is 9.41. The maximum atomic E-state index is 12.5. The van der Waals surface area contributed by atoms with Crippen molar-refractivity contribution in [2.24, 2.45) is 5.92 Å². The van der Waals surface area contributed by atoms with E-state index < -0.39 is 0 Å². The van der Waals surface area contributed by atoms with Gasteiger partial charge in [-0.3, -0.25) is 14.7 Å². The summed E-state index contributed by atoms with van der Waals surface area (Å²) in [6.07, 6.45) is 6.53. The molecule has 0 unspecified atom stereocenters. The lowest BCUT2D eigenvalue weighted by Gasteiger charge is -2.48. The molecule has 136 valence electrons. The highest BCUT2D eigenvalue weighted by Gasteiger charge is 2.43. The molecule has 0 radical (unpaired) electrons. The number of hydrogen-bond donors (Lipinski definition) is 1. The molecule has 4 rings (SSSR count). The third kappa shape index (κ3) is 3.71. The van der Waals surface area contributed by atoms with Gasteiger partial charge in [-0.1, -0.05) is 6.07 Å². The van der Waals surface area contributed by atoms with E-state index in [0.717, 1.165) is 52.2 Å². The molecule has 1 N–H and O–H groups in total. The van der Waals surface area contributed by atoms with Crippen LogP contribution in [0.2, 0.25) is 0 Å². The van der Waals surface area contributed by atoms with Gasteiger partial charge in [-0.2, -0.15) is 0 Å². The Hall–Kier alpha value is -1.50. The van der Waals surface area contributed by atoms with Gasteiger partial charge in [-0.05, 0) is 37.3 Å². The normalized spacial score (nSPS) is 29.4. The van der Waals surface area contributed by atoms with Crippen molar-refractivity contribution >= 4 is 5.91 Å². The first-order valence-corrected chi connectivity index (χ1v) is 9.36. The molecule has 0 atom stereocenters. The van der Waals surface area contributed by atoms with Gasteiger partial charge in [0.05, 0.1) is 18.3 Å². The first-order valence-electron chi connectivity index (χ1n) is 9.36. The summed E-state index contributed by atoms with van der Waals surface area (Å²) in [6, 6.07) is 4.09. The number of rotatable bonds is 3. The molecule has 1 aromatic heterocycles. The van der Waals surface area contributed by atoms with Crippen molar-refractivity contribution < 1.29 is 14.6 Å². The summed E-state index contributed by atoms with van der Waals surface area (Å²) in [7, 11) is 0. The number of nitrogens with zero attached hydrogens (tertiary/aromatic N) is 3. The monoisotopic (exact) mass is 345 g/mol. The van der Waals surface area contributed by atoms with Crippen LogP contribution in [0.5, 0.6) is 0 Å². The van der Waals surface area contributed by atoms with Crippen molar-refractivity contribution in [2.75, 3.05) is 32.8 Å². The Kier molecular flexibility index (Phi) is 4.75. The average Bonchev–Trinajstić information content (AvgIpc) is 2.60. The molecule has 1 aromatic rings. The van der Waals surface area contributed by atoms with Crippen LogP contribution in [0.15, 0.2) is 24.5 Å². The Morgan fingerprint density at radius 2 is 2.12 bits per heavy atom. The minimum absolute atomic E-state index is 0.0402. The Balaban J connectivity index is 1.31. The van der Waals surface area contributed by atoms with Gasteiger partial charge in [-0.15, -0.1) is 0 Å². The second-order valence-corrected chi connectivity index (χ2v) is 7.75. The minimum Gasteiger partial charge on any atom is -0.393 e. The van der Waals surface area contributed by atoms with Crippen LogP contribution in [0.4, 0.5) is 0 Å². The number of hydrogen-bond acceptors (Lipinski definition) is 5. The highest BCUT2D eigenvalue weighted by molar-refractivity contribution is 5.80. The number of pyridine rings is 1. The number of ether oxygens (including phenoxy) is 1. The zero-order valence-electron chi connectivity index (χ0n) is 14.6. The van der Waals surface area contributed by atoms with Crippen LogP contribution < -0.4 is 0 Å². The lowest BCUT2D eigenvalue weighted by atomic mass is 9.80. The Morgan fingerprint density at radius 3 is 2.80 bits per heavy atom. The van der Waals surface area contributed by atoms with Crippen molar-refractivity contribution in [3.05, 3.63) is 30.1 Å². The summed E-state index contributed by atoms with van der Waals surface area (Å²) >= 11 is 0. The predicted octanol–water partition coefficient (Wildman–Crippen LogP) is 1.05. The lowest BCUT2D eigenvalue weighted by Crippen LogP contribution is -2.58. The van der Waals surface area contributed by atoms with Crippen LogP contribution in [0.1, 0.15) is 31.2 Å². The van der Waals surface area contributed by atoms with Crippen LogP contribution in [0.3, 0.4) is 0 Å². The predicted molar refractivity (Wildman–Crippen MR) is 92.7 cm³/mol. The largest absolute Gasteiger partial charge is 0.393 e. The molecule has 3 heterocycles. The molecule has 3 aliphatic rings. The number of aliphatic hydroxyl groups excluding tert-OH is 1. The summed E-state index contributed by atoms with van der Waals surface area (Å²) in [6.45, 7) is 5.06. The lowest BCUT2D eigenvalue weighted by molar-refractivity contribution is -0.158. The van der Waals surface area contributed by atoms with E-state index in [-0.39, 0.29) is 23.5 Å². The first kappa shape index (κ1) is 16.9. The van der Waals surface area contributed by atoms with Crippen LogP contribution in [-0.4, -0.2) is 70.3 Å². The third-order valence-electron chi connectivity index (χ3n) is 5.91. The van der Waals surface area contributed by atoms with Crippen LogP contribution in [0.25, 0.3) is 0 Å². The fourth-order valence-corrected chi connectivity index (χ4v) is 4.29. The van der Waals surface area contributed by atoms with E-state index in [1.165, 1.54) is 5.56 Å². The van der Waals surface area contributed by atoms with Crippen molar-refractivity contribution in [3.63, 3.8) is 0 Å². The summed E-state index contributed by atoms with van der Waals surface area (Å²) in [5.41, 5.74) is 1.12. The van der Waals surface area contributed by atoms with Gasteiger partial charge in [-0.25, -0.2) is 0 Å². The van der Waals surface area contributed by atoms with Gasteiger partial charge in [0.2, 0.25) is 5.91 Å². The van der Waals surface area contributed by atoms with Gasteiger partial charge in [0, 0.05) is 51.0 Å². The highest BCUT2D eigenvalue weighted by atomic mass is 16.5. The minimum atomic E-state index is -0.271. The average molecular weight is 345 g/mol. The molecule has 6 heteroatoms. The Bertz CT molecular complexity index is 595. The quantitative estimate of drug-likeness (QED) is 0.887. The van der Waals surface area contributed by atoms with Crippen LogP contribution in [0, 0.1) is 5.92 Å². The third-order valence-corrected chi connectivity index (χ3v) is 5.91. The number of aromatic nitrogens is 1. The molecule has 0 aromatic carbocycles. The molecule has 25 heavy (non-hydrogen) atoms.